The number of ether oxygens (including phenoxy) is 2. The van der Waals surface area contributed by atoms with Gasteiger partial charge in [0, 0.05) is 14.1 Å². The number of carbonyl (C=O) groups is 3. The molecule has 0 bridgehead atoms. The highest BCUT2D eigenvalue weighted by molar-refractivity contribution is 6.07. The summed E-state index contributed by atoms with van der Waals surface area (Å²) in [6.45, 7) is 1.28. The smallest absolute Gasteiger partial charge is 0.371 e. The van der Waals surface area contributed by atoms with Gasteiger partial charge < -0.3 is 25.2 Å². The third-order valence-corrected chi connectivity index (χ3v) is 10.7. The zero-order valence-corrected chi connectivity index (χ0v) is 34.4. The first-order valence-electron chi connectivity index (χ1n) is 19.0. The first-order chi connectivity index (χ1) is 30.3. The minimum Gasteiger partial charge on any atom is -0.371 e. The van der Waals surface area contributed by atoms with Crippen LogP contribution >= 0.6 is 0 Å². The number of amides is 5. The molecule has 2 fully saturated rings. The first kappa shape index (κ1) is 51.0. The summed E-state index contributed by atoms with van der Waals surface area (Å²) in [4.78, 5) is 38.7. The van der Waals surface area contributed by atoms with Gasteiger partial charge in [-0.3, -0.25) is 14.6 Å². The summed E-state index contributed by atoms with van der Waals surface area (Å²) in [5, 5.41) is 15.6. The molecule has 6 rings (SSSR count). The molecular formula is C42H36F14N4O6. The molecule has 5 amide bonds. The third kappa shape index (κ3) is 10.8. The number of alkyl halides is 12. The SMILES string of the molecule is C[C@@H](OC[C@]1(c2ccc(F)cc2)NC(=O)N(C)C1=O)c1cc(C(F)(F)F)cc(C(F)(F)F)c1.C[C@@H](OC[C@]1(c2ccc(F)cc2)NC(=O)N(C)C1O)c1cc(C(F)(F)F)cc(C(F)(F)F)c1. The summed E-state index contributed by atoms with van der Waals surface area (Å²) in [6.07, 6.45) is -24.3. The number of nitrogens with zero attached hydrogens (tertiary/aromatic N) is 2. The summed E-state index contributed by atoms with van der Waals surface area (Å²) in [6, 6.07) is 9.79. The van der Waals surface area contributed by atoms with E-state index in [1.54, 1.807) is 0 Å². The monoisotopic (exact) mass is 958 g/mol. The zero-order chi connectivity index (χ0) is 49.5. The molecular weight excluding hydrogens is 922 g/mol. The van der Waals surface area contributed by atoms with Crippen LogP contribution in [0.25, 0.3) is 0 Å². The van der Waals surface area contributed by atoms with Gasteiger partial charge in [-0.25, -0.2) is 18.4 Å². The molecule has 5 atom stereocenters. The average Bonchev–Trinajstić information content (AvgIpc) is 3.59. The lowest BCUT2D eigenvalue weighted by molar-refractivity contribution is -0.145. The van der Waals surface area contributed by atoms with E-state index in [1.807, 2.05) is 0 Å². The van der Waals surface area contributed by atoms with E-state index in [1.165, 1.54) is 52.2 Å². The van der Waals surface area contributed by atoms with Crippen molar-refractivity contribution in [2.24, 2.45) is 0 Å². The largest absolute Gasteiger partial charge is 0.416 e. The van der Waals surface area contributed by atoms with Gasteiger partial charge in [-0.05, 0) is 96.8 Å². The second-order valence-corrected chi connectivity index (χ2v) is 15.2. The number of hydrogen-bond acceptors (Lipinski definition) is 6. The van der Waals surface area contributed by atoms with Gasteiger partial charge in [0.2, 0.25) is 0 Å². The summed E-state index contributed by atoms with van der Waals surface area (Å²) in [7, 11) is 2.45. The number of aliphatic hydroxyl groups is 1. The van der Waals surface area contributed by atoms with Crippen molar-refractivity contribution in [3.05, 3.63) is 141 Å². The van der Waals surface area contributed by atoms with E-state index in [-0.39, 0.29) is 23.3 Å². The van der Waals surface area contributed by atoms with Crippen LogP contribution in [-0.2, 0) is 50.1 Å². The number of aliphatic hydroxyl groups excluding tert-OH is 1. The van der Waals surface area contributed by atoms with Crippen molar-refractivity contribution in [3.63, 3.8) is 0 Å². The molecule has 2 heterocycles. The number of benzene rings is 4. The van der Waals surface area contributed by atoms with Crippen LogP contribution in [-0.4, -0.2) is 66.4 Å². The maximum absolute atomic E-state index is 13.4. The van der Waals surface area contributed by atoms with Crippen molar-refractivity contribution in [1.82, 2.24) is 20.4 Å². The standard InChI is InChI=1S/C21H19F7N2O3.C21H17F7N2O3/c2*1-11(12-7-14(20(23,24)25)9-15(8-12)21(26,27)28)33-10-19(13-3-5-16(22)6-4-13)17(31)30(2)18(32)29-19/h3-9,11,17,31H,10H2,1-2H3,(H,29,32);3-9,11H,10H2,1-2H3,(H,29,32)/t11-,17?,19-;11-,19-/m11/s1. The van der Waals surface area contributed by atoms with Gasteiger partial charge in [0.1, 0.15) is 17.2 Å². The molecule has 24 heteroatoms. The van der Waals surface area contributed by atoms with Crippen LogP contribution in [0.15, 0.2) is 84.9 Å². The Labute approximate surface area is 365 Å². The quantitative estimate of drug-likeness (QED) is 0.108. The highest BCUT2D eigenvalue weighted by atomic mass is 19.4. The van der Waals surface area contributed by atoms with E-state index in [0.29, 0.717) is 24.3 Å². The topological polar surface area (TPSA) is 120 Å². The zero-order valence-electron chi connectivity index (χ0n) is 34.4. The van der Waals surface area contributed by atoms with Gasteiger partial charge in [-0.1, -0.05) is 24.3 Å². The van der Waals surface area contributed by atoms with Crippen LogP contribution in [0.2, 0.25) is 0 Å². The van der Waals surface area contributed by atoms with Crippen molar-refractivity contribution in [2.45, 2.75) is 68.1 Å². The van der Waals surface area contributed by atoms with Gasteiger partial charge in [0.15, 0.2) is 11.8 Å². The first-order valence-corrected chi connectivity index (χ1v) is 19.0. The Bertz CT molecular complexity index is 2360. The lowest BCUT2D eigenvalue weighted by Gasteiger charge is -2.34. The molecule has 0 aromatic heterocycles. The summed E-state index contributed by atoms with van der Waals surface area (Å²) in [5.74, 6) is -2.01. The van der Waals surface area contributed by atoms with Crippen molar-refractivity contribution < 1.29 is 90.4 Å². The average molecular weight is 959 g/mol. The van der Waals surface area contributed by atoms with E-state index < -0.39 is 130 Å². The Kier molecular flexibility index (Phi) is 14.2. The van der Waals surface area contributed by atoms with Crippen molar-refractivity contribution in [3.8, 4) is 0 Å². The van der Waals surface area contributed by atoms with Crippen LogP contribution in [0.4, 0.5) is 71.1 Å². The fourth-order valence-corrected chi connectivity index (χ4v) is 6.88. The number of hydrogen-bond donors (Lipinski definition) is 3. The maximum atomic E-state index is 13.4. The third-order valence-electron chi connectivity index (χ3n) is 10.7. The summed E-state index contributed by atoms with van der Waals surface area (Å²) in [5.41, 5.74) is -10.0. The summed E-state index contributed by atoms with van der Waals surface area (Å²) >= 11 is 0. The molecule has 2 aliphatic heterocycles. The lowest BCUT2D eigenvalue weighted by atomic mass is 9.89. The van der Waals surface area contributed by atoms with Gasteiger partial charge in [-0.15, -0.1) is 0 Å². The molecule has 4 aromatic carbocycles. The predicted octanol–water partition coefficient (Wildman–Crippen LogP) is 9.83. The Morgan fingerprint density at radius 2 is 0.939 bits per heavy atom. The molecule has 0 saturated carbocycles. The molecule has 0 radical (unpaired) electrons. The Hall–Kier alpha value is -6.01. The van der Waals surface area contributed by atoms with Crippen molar-refractivity contribution >= 4 is 18.0 Å². The van der Waals surface area contributed by atoms with Gasteiger partial charge >= 0.3 is 36.8 Å². The Balaban J connectivity index is 0.000000247. The van der Waals surface area contributed by atoms with Crippen LogP contribution in [0, 0.1) is 11.6 Å². The lowest BCUT2D eigenvalue weighted by Crippen LogP contribution is -2.50. The number of imide groups is 1. The van der Waals surface area contributed by atoms with Crippen molar-refractivity contribution in [1.29, 1.82) is 0 Å². The highest BCUT2D eigenvalue weighted by Crippen LogP contribution is 2.41. The molecule has 2 saturated heterocycles. The number of rotatable bonds is 10. The molecule has 66 heavy (non-hydrogen) atoms. The van der Waals surface area contributed by atoms with E-state index in [2.05, 4.69) is 10.6 Å². The highest BCUT2D eigenvalue weighted by Gasteiger charge is 2.53. The molecule has 0 aliphatic carbocycles. The second kappa shape index (κ2) is 18.3. The predicted molar refractivity (Wildman–Crippen MR) is 201 cm³/mol. The number of carbonyl (C=O) groups excluding carboxylic acids is 3. The van der Waals surface area contributed by atoms with Gasteiger partial charge in [0.25, 0.3) is 5.91 Å². The number of nitrogens with one attached hydrogen (secondary N) is 2. The van der Waals surface area contributed by atoms with Gasteiger partial charge in [0.05, 0.1) is 47.7 Å². The molecule has 3 N–H and O–H groups in total. The number of urea groups is 2. The second-order valence-electron chi connectivity index (χ2n) is 15.2. The molecule has 4 aromatic rings. The Morgan fingerprint density at radius 3 is 1.26 bits per heavy atom. The molecule has 0 spiro atoms. The molecule has 2 aliphatic rings. The number of halogens is 14. The Morgan fingerprint density at radius 1 is 0.576 bits per heavy atom. The van der Waals surface area contributed by atoms with Crippen LogP contribution in [0.1, 0.15) is 70.6 Å². The molecule has 10 nitrogen and oxygen atoms in total. The van der Waals surface area contributed by atoms with Gasteiger partial charge in [-0.2, -0.15) is 52.7 Å². The fraction of sp³-hybridized carbons (Fsp3) is 0.357. The van der Waals surface area contributed by atoms with E-state index in [0.717, 1.165) is 34.1 Å². The minimum absolute atomic E-state index is 0.00609. The van der Waals surface area contributed by atoms with Crippen LogP contribution in [0.3, 0.4) is 0 Å². The van der Waals surface area contributed by atoms with Crippen LogP contribution < -0.4 is 10.6 Å². The molecule has 358 valence electrons. The van der Waals surface area contributed by atoms with E-state index >= 15 is 0 Å². The van der Waals surface area contributed by atoms with Crippen molar-refractivity contribution in [2.75, 3.05) is 27.3 Å². The minimum atomic E-state index is -5.04. The van der Waals surface area contributed by atoms with Crippen LogP contribution in [0.5, 0.6) is 0 Å². The maximum Gasteiger partial charge on any atom is 0.416 e. The fourth-order valence-electron chi connectivity index (χ4n) is 6.88. The van der Waals surface area contributed by atoms with E-state index in [4.69, 9.17) is 9.47 Å². The summed E-state index contributed by atoms with van der Waals surface area (Å²) < 4.78 is 196. The van der Waals surface area contributed by atoms with E-state index in [9.17, 15) is 81.0 Å². The number of likely N-dealkylation sites (N-methyl/N-ethyl adjacent to an activating group) is 2. The normalized spacial score (nSPS) is 21.3. The molecule has 1 unspecified atom stereocenters.